The van der Waals surface area contributed by atoms with Crippen LogP contribution in [-0.4, -0.2) is 47.9 Å². The van der Waals surface area contributed by atoms with E-state index in [2.05, 4.69) is 31.9 Å². The van der Waals surface area contributed by atoms with E-state index in [9.17, 15) is 5.11 Å². The standard InChI is InChI=1S/C19H26N4O2/c1-3-25-17-8-6-15(7-9-17)12-22(2)18-11-19(21-14-20-18)23-10-4-5-16(23)13-24/h6-9,11,14,16,24H,3-5,10,12-13H2,1-2H3. The Balaban J connectivity index is 1.69. The topological polar surface area (TPSA) is 61.7 Å². The quantitative estimate of drug-likeness (QED) is 0.834. The van der Waals surface area contributed by atoms with Gasteiger partial charge in [-0.2, -0.15) is 0 Å². The van der Waals surface area contributed by atoms with Crippen LogP contribution in [0, 0.1) is 0 Å². The normalized spacial score (nSPS) is 16.9. The van der Waals surface area contributed by atoms with E-state index in [1.807, 2.05) is 32.2 Å². The highest BCUT2D eigenvalue weighted by atomic mass is 16.5. The van der Waals surface area contributed by atoms with Gasteiger partial charge in [0.25, 0.3) is 0 Å². The molecule has 25 heavy (non-hydrogen) atoms. The first-order valence-electron chi connectivity index (χ1n) is 8.83. The zero-order valence-electron chi connectivity index (χ0n) is 14.9. The molecule has 0 bridgehead atoms. The molecule has 1 saturated heterocycles. The minimum absolute atomic E-state index is 0.166. The summed E-state index contributed by atoms with van der Waals surface area (Å²) < 4.78 is 5.48. The number of nitrogens with zero attached hydrogens (tertiary/aromatic N) is 4. The van der Waals surface area contributed by atoms with Gasteiger partial charge >= 0.3 is 0 Å². The van der Waals surface area contributed by atoms with Crippen LogP contribution in [0.1, 0.15) is 25.3 Å². The molecule has 134 valence electrons. The van der Waals surface area contributed by atoms with Gasteiger partial charge in [0, 0.05) is 26.2 Å². The predicted molar refractivity (Wildman–Crippen MR) is 99.2 cm³/mol. The predicted octanol–water partition coefficient (Wildman–Crippen LogP) is 2.47. The van der Waals surface area contributed by atoms with Crippen LogP contribution in [0.4, 0.5) is 11.6 Å². The van der Waals surface area contributed by atoms with Crippen LogP contribution >= 0.6 is 0 Å². The first-order chi connectivity index (χ1) is 12.2. The molecule has 2 heterocycles. The molecule has 1 aliphatic rings. The van der Waals surface area contributed by atoms with Crippen molar-refractivity contribution >= 4 is 11.6 Å². The average Bonchev–Trinajstić information content (AvgIpc) is 3.12. The van der Waals surface area contributed by atoms with Crippen LogP contribution in [0.15, 0.2) is 36.7 Å². The van der Waals surface area contributed by atoms with Crippen molar-refractivity contribution in [1.82, 2.24) is 9.97 Å². The van der Waals surface area contributed by atoms with Crippen molar-refractivity contribution in [2.75, 3.05) is 36.6 Å². The summed E-state index contributed by atoms with van der Waals surface area (Å²) in [6.07, 6.45) is 3.70. The molecule has 1 aromatic heterocycles. The molecule has 0 radical (unpaired) electrons. The number of ether oxygens (including phenoxy) is 1. The van der Waals surface area contributed by atoms with Gasteiger partial charge in [0.2, 0.25) is 0 Å². The zero-order chi connectivity index (χ0) is 17.6. The summed E-state index contributed by atoms with van der Waals surface area (Å²) in [5, 5.41) is 9.53. The Morgan fingerprint density at radius 1 is 1.28 bits per heavy atom. The molecule has 1 unspecified atom stereocenters. The van der Waals surface area contributed by atoms with Crippen LogP contribution in [0.25, 0.3) is 0 Å². The maximum atomic E-state index is 9.53. The molecule has 1 atom stereocenters. The lowest BCUT2D eigenvalue weighted by Crippen LogP contribution is -2.33. The monoisotopic (exact) mass is 342 g/mol. The number of aliphatic hydroxyl groups is 1. The zero-order valence-corrected chi connectivity index (χ0v) is 14.9. The van der Waals surface area contributed by atoms with Crippen LogP contribution in [0.2, 0.25) is 0 Å². The Labute approximate surface area is 149 Å². The van der Waals surface area contributed by atoms with Gasteiger partial charge in [-0.25, -0.2) is 9.97 Å². The van der Waals surface area contributed by atoms with Crippen molar-refractivity contribution in [3.8, 4) is 5.75 Å². The molecule has 3 rings (SSSR count). The third-order valence-electron chi connectivity index (χ3n) is 4.57. The highest BCUT2D eigenvalue weighted by Crippen LogP contribution is 2.26. The summed E-state index contributed by atoms with van der Waals surface area (Å²) in [6, 6.07) is 10.3. The highest BCUT2D eigenvalue weighted by molar-refractivity contribution is 5.51. The maximum Gasteiger partial charge on any atom is 0.134 e. The van der Waals surface area contributed by atoms with E-state index in [1.54, 1.807) is 6.33 Å². The van der Waals surface area contributed by atoms with E-state index in [-0.39, 0.29) is 12.6 Å². The van der Waals surface area contributed by atoms with Crippen LogP contribution in [-0.2, 0) is 6.54 Å². The number of aliphatic hydroxyl groups excluding tert-OH is 1. The summed E-state index contributed by atoms with van der Waals surface area (Å²) in [7, 11) is 2.02. The molecule has 1 aliphatic heterocycles. The molecule has 2 aromatic rings. The number of hydrogen-bond acceptors (Lipinski definition) is 6. The van der Waals surface area contributed by atoms with E-state index >= 15 is 0 Å². The lowest BCUT2D eigenvalue weighted by molar-refractivity contribution is 0.266. The number of rotatable bonds is 7. The molecule has 6 nitrogen and oxygen atoms in total. The average molecular weight is 342 g/mol. The van der Waals surface area contributed by atoms with Crippen molar-refractivity contribution in [3.63, 3.8) is 0 Å². The first-order valence-corrected chi connectivity index (χ1v) is 8.83. The molecule has 0 saturated carbocycles. The van der Waals surface area contributed by atoms with Crippen molar-refractivity contribution in [3.05, 3.63) is 42.2 Å². The molecule has 0 amide bonds. The van der Waals surface area contributed by atoms with Gasteiger partial charge in [0.05, 0.1) is 19.3 Å². The second-order valence-electron chi connectivity index (χ2n) is 6.34. The smallest absolute Gasteiger partial charge is 0.134 e. The number of benzene rings is 1. The SMILES string of the molecule is CCOc1ccc(CN(C)c2cc(N3CCCC3CO)ncn2)cc1. The Morgan fingerprint density at radius 2 is 2.08 bits per heavy atom. The van der Waals surface area contributed by atoms with Crippen LogP contribution in [0.5, 0.6) is 5.75 Å². The molecule has 1 aromatic carbocycles. The van der Waals surface area contributed by atoms with Crippen molar-refractivity contribution in [2.45, 2.75) is 32.4 Å². The molecular formula is C19H26N4O2. The van der Waals surface area contributed by atoms with Crippen LogP contribution < -0.4 is 14.5 Å². The molecule has 1 N–H and O–H groups in total. The minimum Gasteiger partial charge on any atom is -0.494 e. The van der Waals surface area contributed by atoms with Gasteiger partial charge in [-0.1, -0.05) is 12.1 Å². The summed E-state index contributed by atoms with van der Waals surface area (Å²) in [5.41, 5.74) is 1.19. The third-order valence-corrected chi connectivity index (χ3v) is 4.57. The number of aromatic nitrogens is 2. The van der Waals surface area contributed by atoms with E-state index in [0.29, 0.717) is 6.61 Å². The van der Waals surface area contributed by atoms with E-state index in [1.165, 1.54) is 5.56 Å². The van der Waals surface area contributed by atoms with Gasteiger partial charge in [-0.05, 0) is 37.5 Å². The van der Waals surface area contributed by atoms with Crippen LogP contribution in [0.3, 0.4) is 0 Å². The fourth-order valence-corrected chi connectivity index (χ4v) is 3.24. The van der Waals surface area contributed by atoms with Gasteiger partial charge < -0.3 is 19.6 Å². The van der Waals surface area contributed by atoms with Crippen molar-refractivity contribution < 1.29 is 9.84 Å². The Hall–Kier alpha value is -2.34. The van der Waals surface area contributed by atoms with E-state index in [4.69, 9.17) is 4.74 Å². The summed E-state index contributed by atoms with van der Waals surface area (Å²) >= 11 is 0. The fourth-order valence-electron chi connectivity index (χ4n) is 3.24. The first kappa shape index (κ1) is 17.5. The summed E-state index contributed by atoms with van der Waals surface area (Å²) in [5.74, 6) is 2.66. The van der Waals surface area contributed by atoms with E-state index < -0.39 is 0 Å². The number of anilines is 2. The summed E-state index contributed by atoms with van der Waals surface area (Å²) in [4.78, 5) is 13.1. The molecule has 1 fully saturated rings. The number of hydrogen-bond donors (Lipinski definition) is 1. The second-order valence-corrected chi connectivity index (χ2v) is 6.34. The lowest BCUT2D eigenvalue weighted by Gasteiger charge is -2.25. The lowest BCUT2D eigenvalue weighted by atomic mass is 10.2. The second kappa shape index (κ2) is 8.16. The Morgan fingerprint density at radius 3 is 2.80 bits per heavy atom. The fraction of sp³-hybridized carbons (Fsp3) is 0.474. The molecule has 0 aliphatic carbocycles. The largest absolute Gasteiger partial charge is 0.494 e. The van der Waals surface area contributed by atoms with Gasteiger partial charge in [0.15, 0.2) is 0 Å². The molecule has 6 heteroatoms. The van der Waals surface area contributed by atoms with E-state index in [0.717, 1.165) is 43.3 Å². The Kier molecular flexibility index (Phi) is 5.71. The van der Waals surface area contributed by atoms with Crippen molar-refractivity contribution in [2.24, 2.45) is 0 Å². The third kappa shape index (κ3) is 4.20. The van der Waals surface area contributed by atoms with Gasteiger partial charge in [0.1, 0.15) is 23.7 Å². The summed E-state index contributed by atoms with van der Waals surface area (Å²) in [6.45, 7) is 4.52. The molecule has 0 spiro atoms. The molecular weight excluding hydrogens is 316 g/mol. The van der Waals surface area contributed by atoms with Gasteiger partial charge in [-0.3, -0.25) is 0 Å². The maximum absolute atomic E-state index is 9.53. The highest BCUT2D eigenvalue weighted by Gasteiger charge is 2.25. The van der Waals surface area contributed by atoms with Crippen molar-refractivity contribution in [1.29, 1.82) is 0 Å². The Bertz CT molecular complexity index is 677. The van der Waals surface area contributed by atoms with Gasteiger partial charge in [-0.15, -0.1) is 0 Å². The minimum atomic E-state index is 0.166.